The minimum atomic E-state index is -0.134. The molecule has 116 valence electrons. The van der Waals surface area contributed by atoms with E-state index in [0.717, 1.165) is 5.92 Å². The van der Waals surface area contributed by atoms with Crippen molar-refractivity contribution in [3.05, 3.63) is 35.6 Å². The van der Waals surface area contributed by atoms with Crippen LogP contribution in [0, 0.1) is 11.7 Å². The molecule has 1 unspecified atom stereocenters. The summed E-state index contributed by atoms with van der Waals surface area (Å²) in [6, 6.07) is 8.29. The standard InChI is InChI=1S/C18H27FN2/c1-14(2)20-10-7-15(8-11-20)13-21-12-9-18(21)16-3-5-17(19)6-4-16/h3-6,14-15,18H,7-13H2,1-2H3. The van der Waals surface area contributed by atoms with Gasteiger partial charge in [0.1, 0.15) is 5.82 Å². The Bertz CT molecular complexity index is 449. The second-order valence-electron chi connectivity index (χ2n) is 6.92. The summed E-state index contributed by atoms with van der Waals surface area (Å²) in [5.41, 5.74) is 1.28. The number of piperidine rings is 1. The third kappa shape index (κ3) is 3.46. The minimum absolute atomic E-state index is 0.134. The molecule has 0 N–H and O–H groups in total. The van der Waals surface area contributed by atoms with Crippen LogP contribution in [0.15, 0.2) is 24.3 Å². The fourth-order valence-corrected chi connectivity index (χ4v) is 3.71. The molecule has 0 spiro atoms. The summed E-state index contributed by atoms with van der Waals surface area (Å²) >= 11 is 0. The molecule has 0 bridgehead atoms. The van der Waals surface area contributed by atoms with Crippen LogP contribution in [0.5, 0.6) is 0 Å². The van der Waals surface area contributed by atoms with Gasteiger partial charge in [0, 0.05) is 25.2 Å². The van der Waals surface area contributed by atoms with Gasteiger partial charge in [0.15, 0.2) is 0 Å². The van der Waals surface area contributed by atoms with Crippen LogP contribution in [0.1, 0.15) is 44.7 Å². The smallest absolute Gasteiger partial charge is 0.123 e. The molecular formula is C18H27FN2. The van der Waals surface area contributed by atoms with Gasteiger partial charge < -0.3 is 4.90 Å². The Balaban J connectivity index is 1.51. The van der Waals surface area contributed by atoms with Crippen LogP contribution in [0.3, 0.4) is 0 Å². The Morgan fingerprint density at radius 3 is 2.24 bits per heavy atom. The van der Waals surface area contributed by atoms with E-state index in [1.165, 1.54) is 51.0 Å². The van der Waals surface area contributed by atoms with E-state index in [0.29, 0.717) is 12.1 Å². The molecule has 1 aromatic rings. The zero-order chi connectivity index (χ0) is 14.8. The molecule has 2 fully saturated rings. The molecule has 0 aliphatic carbocycles. The van der Waals surface area contributed by atoms with Crippen molar-refractivity contribution in [3.63, 3.8) is 0 Å². The summed E-state index contributed by atoms with van der Waals surface area (Å²) in [7, 11) is 0. The lowest BCUT2D eigenvalue weighted by atomic mass is 9.89. The summed E-state index contributed by atoms with van der Waals surface area (Å²) in [4.78, 5) is 5.17. The SMILES string of the molecule is CC(C)N1CCC(CN2CCC2c2ccc(F)cc2)CC1. The quantitative estimate of drug-likeness (QED) is 0.834. The largest absolute Gasteiger partial charge is 0.301 e. The molecule has 3 rings (SSSR count). The van der Waals surface area contributed by atoms with Crippen molar-refractivity contribution >= 4 is 0 Å². The summed E-state index contributed by atoms with van der Waals surface area (Å²) < 4.78 is 13.0. The van der Waals surface area contributed by atoms with Crippen LogP contribution in [0.2, 0.25) is 0 Å². The lowest BCUT2D eigenvalue weighted by Crippen LogP contribution is -2.46. The minimum Gasteiger partial charge on any atom is -0.301 e. The highest BCUT2D eigenvalue weighted by molar-refractivity contribution is 5.22. The highest BCUT2D eigenvalue weighted by Crippen LogP contribution is 2.35. The van der Waals surface area contributed by atoms with Gasteiger partial charge in [0.2, 0.25) is 0 Å². The Morgan fingerprint density at radius 1 is 1.05 bits per heavy atom. The van der Waals surface area contributed by atoms with Crippen molar-refractivity contribution in [3.8, 4) is 0 Å². The third-order valence-corrected chi connectivity index (χ3v) is 5.26. The van der Waals surface area contributed by atoms with Crippen molar-refractivity contribution in [2.75, 3.05) is 26.2 Å². The van der Waals surface area contributed by atoms with Crippen LogP contribution in [0.25, 0.3) is 0 Å². The van der Waals surface area contributed by atoms with Gasteiger partial charge in [-0.1, -0.05) is 12.1 Å². The second kappa shape index (κ2) is 6.45. The molecule has 0 saturated carbocycles. The average Bonchev–Trinajstić information content (AvgIpc) is 2.46. The van der Waals surface area contributed by atoms with Gasteiger partial charge in [-0.3, -0.25) is 4.90 Å². The van der Waals surface area contributed by atoms with Crippen molar-refractivity contribution in [2.24, 2.45) is 5.92 Å². The zero-order valence-corrected chi connectivity index (χ0v) is 13.3. The fraction of sp³-hybridized carbons (Fsp3) is 0.667. The first-order chi connectivity index (χ1) is 10.1. The summed E-state index contributed by atoms with van der Waals surface area (Å²) in [6.07, 6.45) is 3.87. The van der Waals surface area contributed by atoms with E-state index in [9.17, 15) is 4.39 Å². The first-order valence-corrected chi connectivity index (χ1v) is 8.37. The Morgan fingerprint density at radius 2 is 1.71 bits per heavy atom. The van der Waals surface area contributed by atoms with E-state index in [1.807, 2.05) is 12.1 Å². The highest BCUT2D eigenvalue weighted by Gasteiger charge is 2.32. The first kappa shape index (κ1) is 15.0. The molecule has 1 atom stereocenters. The molecular weight excluding hydrogens is 263 g/mol. The van der Waals surface area contributed by atoms with Gasteiger partial charge in [-0.05, 0) is 69.8 Å². The molecule has 1 aromatic carbocycles. The van der Waals surface area contributed by atoms with Gasteiger partial charge in [-0.2, -0.15) is 0 Å². The van der Waals surface area contributed by atoms with Crippen LogP contribution in [-0.4, -0.2) is 42.0 Å². The molecule has 0 aromatic heterocycles. The normalized spacial score (nSPS) is 25.2. The van der Waals surface area contributed by atoms with E-state index in [-0.39, 0.29) is 5.82 Å². The molecule has 2 heterocycles. The molecule has 2 nitrogen and oxygen atoms in total. The number of hydrogen-bond donors (Lipinski definition) is 0. The van der Waals surface area contributed by atoms with Gasteiger partial charge in [0.05, 0.1) is 0 Å². The number of benzene rings is 1. The summed E-state index contributed by atoms with van der Waals surface area (Å²) in [5, 5.41) is 0. The van der Waals surface area contributed by atoms with Gasteiger partial charge in [-0.15, -0.1) is 0 Å². The molecule has 3 heteroatoms. The van der Waals surface area contributed by atoms with Crippen molar-refractivity contribution < 1.29 is 4.39 Å². The van der Waals surface area contributed by atoms with Gasteiger partial charge in [0.25, 0.3) is 0 Å². The van der Waals surface area contributed by atoms with Crippen LogP contribution < -0.4 is 0 Å². The van der Waals surface area contributed by atoms with Crippen molar-refractivity contribution in [1.29, 1.82) is 0 Å². The van der Waals surface area contributed by atoms with E-state index in [4.69, 9.17) is 0 Å². The maximum absolute atomic E-state index is 13.0. The van der Waals surface area contributed by atoms with Crippen molar-refractivity contribution in [2.45, 2.75) is 45.2 Å². The Labute approximate surface area is 127 Å². The number of likely N-dealkylation sites (tertiary alicyclic amines) is 2. The Hall–Kier alpha value is -0.930. The van der Waals surface area contributed by atoms with Crippen LogP contribution in [0.4, 0.5) is 4.39 Å². The lowest BCUT2D eigenvalue weighted by Gasteiger charge is -2.45. The maximum Gasteiger partial charge on any atom is 0.123 e. The lowest BCUT2D eigenvalue weighted by molar-refractivity contribution is 0.0478. The molecule has 2 aliphatic heterocycles. The van der Waals surface area contributed by atoms with Gasteiger partial charge >= 0.3 is 0 Å². The fourth-order valence-electron chi connectivity index (χ4n) is 3.71. The van der Waals surface area contributed by atoms with Gasteiger partial charge in [-0.25, -0.2) is 4.39 Å². The van der Waals surface area contributed by atoms with E-state index in [1.54, 1.807) is 12.1 Å². The zero-order valence-electron chi connectivity index (χ0n) is 13.3. The first-order valence-electron chi connectivity index (χ1n) is 8.37. The van der Waals surface area contributed by atoms with E-state index in [2.05, 4.69) is 23.6 Å². The molecule has 2 aliphatic rings. The number of rotatable bonds is 4. The molecule has 0 radical (unpaired) electrons. The maximum atomic E-state index is 13.0. The van der Waals surface area contributed by atoms with Crippen LogP contribution >= 0.6 is 0 Å². The van der Waals surface area contributed by atoms with Crippen LogP contribution in [-0.2, 0) is 0 Å². The predicted molar refractivity (Wildman–Crippen MR) is 84.8 cm³/mol. The number of nitrogens with zero attached hydrogens (tertiary/aromatic N) is 2. The summed E-state index contributed by atoms with van der Waals surface area (Å²) in [5.74, 6) is 0.703. The second-order valence-corrected chi connectivity index (χ2v) is 6.92. The third-order valence-electron chi connectivity index (χ3n) is 5.26. The van der Waals surface area contributed by atoms with E-state index >= 15 is 0 Å². The highest BCUT2D eigenvalue weighted by atomic mass is 19.1. The van der Waals surface area contributed by atoms with Crippen molar-refractivity contribution in [1.82, 2.24) is 9.80 Å². The topological polar surface area (TPSA) is 6.48 Å². The number of halogens is 1. The average molecular weight is 290 g/mol. The molecule has 0 amide bonds. The van der Waals surface area contributed by atoms with E-state index < -0.39 is 0 Å². The molecule has 2 saturated heterocycles. The number of hydrogen-bond acceptors (Lipinski definition) is 2. The predicted octanol–water partition coefficient (Wildman–Crippen LogP) is 3.69. The summed E-state index contributed by atoms with van der Waals surface area (Å²) in [6.45, 7) is 9.50. The monoisotopic (exact) mass is 290 g/mol. The Kier molecular flexibility index (Phi) is 4.60. The molecule has 21 heavy (non-hydrogen) atoms.